The Morgan fingerprint density at radius 3 is 2.60 bits per heavy atom. The van der Waals surface area contributed by atoms with E-state index >= 15 is 0 Å². The molecule has 1 unspecified atom stereocenters. The number of ether oxygens (including phenoxy) is 1. The minimum atomic E-state index is -1.08. The van der Waals surface area contributed by atoms with E-state index in [-0.39, 0.29) is 0 Å². The van der Waals surface area contributed by atoms with Crippen molar-refractivity contribution in [3.8, 4) is 5.75 Å². The van der Waals surface area contributed by atoms with Crippen molar-refractivity contribution in [1.29, 1.82) is 0 Å². The summed E-state index contributed by atoms with van der Waals surface area (Å²) in [6.07, 6.45) is 0.921. The zero-order valence-corrected chi connectivity index (χ0v) is 11.3. The molecule has 1 aromatic rings. The molecule has 1 aliphatic rings. The molecule has 1 atom stereocenters. The van der Waals surface area contributed by atoms with Crippen molar-refractivity contribution in [3.05, 3.63) is 29.6 Å². The standard InChI is InChI=1S/C14H16FNO4/c1-8(9-3-4-11(17)10(15)7-9)16-12(18)14(5-6-14)13(19)20-2/h3-4,7-8,17H,5-6H2,1-2H3,(H,16,18). The fourth-order valence-corrected chi connectivity index (χ4v) is 2.05. The highest BCUT2D eigenvalue weighted by Crippen LogP contribution is 2.47. The van der Waals surface area contributed by atoms with Crippen LogP contribution in [0.1, 0.15) is 31.4 Å². The van der Waals surface area contributed by atoms with Crippen molar-refractivity contribution in [2.75, 3.05) is 7.11 Å². The first kappa shape index (κ1) is 14.3. The van der Waals surface area contributed by atoms with Crippen LogP contribution in [0.15, 0.2) is 18.2 Å². The van der Waals surface area contributed by atoms with E-state index in [0.717, 1.165) is 6.07 Å². The van der Waals surface area contributed by atoms with Gasteiger partial charge in [0.1, 0.15) is 5.41 Å². The molecule has 2 N–H and O–H groups in total. The van der Waals surface area contributed by atoms with Crippen LogP contribution in [0.5, 0.6) is 5.75 Å². The van der Waals surface area contributed by atoms with Crippen molar-refractivity contribution in [2.45, 2.75) is 25.8 Å². The number of methoxy groups -OCH3 is 1. The Hall–Kier alpha value is -2.11. The summed E-state index contributed by atoms with van der Waals surface area (Å²) in [5.74, 6) is -2.15. The molecule has 0 saturated heterocycles. The molecule has 0 bridgehead atoms. The summed E-state index contributed by atoms with van der Waals surface area (Å²) in [7, 11) is 1.24. The summed E-state index contributed by atoms with van der Waals surface area (Å²) in [5, 5.41) is 11.8. The van der Waals surface area contributed by atoms with Crippen LogP contribution in [0, 0.1) is 11.2 Å². The molecular formula is C14H16FNO4. The van der Waals surface area contributed by atoms with Crippen molar-refractivity contribution >= 4 is 11.9 Å². The number of nitrogens with one attached hydrogen (secondary N) is 1. The van der Waals surface area contributed by atoms with Crippen LogP contribution in [0.2, 0.25) is 0 Å². The highest BCUT2D eigenvalue weighted by molar-refractivity contribution is 6.05. The number of carbonyl (C=O) groups is 2. The maximum atomic E-state index is 13.3. The monoisotopic (exact) mass is 281 g/mol. The predicted octanol–water partition coefficient (Wildman–Crippen LogP) is 1.66. The van der Waals surface area contributed by atoms with Crippen LogP contribution < -0.4 is 5.32 Å². The number of rotatable bonds is 4. The number of phenolic OH excluding ortho intramolecular Hbond substituents is 1. The van der Waals surface area contributed by atoms with Gasteiger partial charge >= 0.3 is 5.97 Å². The number of hydrogen-bond acceptors (Lipinski definition) is 4. The van der Waals surface area contributed by atoms with Gasteiger partial charge in [-0.05, 0) is 37.5 Å². The number of amides is 1. The summed E-state index contributed by atoms with van der Waals surface area (Å²) < 4.78 is 17.9. The smallest absolute Gasteiger partial charge is 0.321 e. The second-order valence-electron chi connectivity index (χ2n) is 4.98. The molecule has 0 spiro atoms. The normalized spacial score (nSPS) is 17.1. The van der Waals surface area contributed by atoms with Crippen LogP contribution in [-0.4, -0.2) is 24.1 Å². The lowest BCUT2D eigenvalue weighted by molar-refractivity contribution is -0.152. The molecule has 0 aliphatic heterocycles. The lowest BCUT2D eigenvalue weighted by Crippen LogP contribution is -2.39. The van der Waals surface area contributed by atoms with Crippen molar-refractivity contribution < 1.29 is 23.8 Å². The van der Waals surface area contributed by atoms with E-state index in [1.54, 1.807) is 6.92 Å². The molecule has 0 radical (unpaired) electrons. The highest BCUT2D eigenvalue weighted by atomic mass is 19.1. The summed E-state index contributed by atoms with van der Waals surface area (Å²) >= 11 is 0. The van der Waals surface area contributed by atoms with Gasteiger partial charge in [0.05, 0.1) is 13.2 Å². The average Bonchev–Trinajstić information content (AvgIpc) is 3.22. The molecule has 1 fully saturated rings. The van der Waals surface area contributed by atoms with Gasteiger partial charge < -0.3 is 15.2 Å². The number of aromatic hydroxyl groups is 1. The molecular weight excluding hydrogens is 265 g/mol. The Labute approximate surface area is 115 Å². The van der Waals surface area contributed by atoms with Crippen molar-refractivity contribution in [3.63, 3.8) is 0 Å². The first-order chi connectivity index (χ1) is 9.40. The van der Waals surface area contributed by atoms with Gasteiger partial charge in [-0.3, -0.25) is 9.59 Å². The summed E-state index contributed by atoms with van der Waals surface area (Å²) in [4.78, 5) is 23.7. The second-order valence-corrected chi connectivity index (χ2v) is 4.98. The maximum absolute atomic E-state index is 13.3. The van der Waals surface area contributed by atoms with Crippen LogP contribution >= 0.6 is 0 Å². The predicted molar refractivity (Wildman–Crippen MR) is 68.3 cm³/mol. The minimum Gasteiger partial charge on any atom is -0.505 e. The number of carbonyl (C=O) groups excluding carboxylic acids is 2. The number of hydrogen-bond donors (Lipinski definition) is 2. The Balaban J connectivity index is 2.08. The topological polar surface area (TPSA) is 75.6 Å². The van der Waals surface area contributed by atoms with Crippen LogP contribution in [-0.2, 0) is 14.3 Å². The number of halogens is 1. The Morgan fingerprint density at radius 1 is 1.45 bits per heavy atom. The molecule has 6 heteroatoms. The Morgan fingerprint density at radius 2 is 2.10 bits per heavy atom. The molecule has 1 amide bonds. The number of benzene rings is 1. The van der Waals surface area contributed by atoms with Crippen LogP contribution in [0.4, 0.5) is 4.39 Å². The lowest BCUT2D eigenvalue weighted by atomic mass is 10.0. The van der Waals surface area contributed by atoms with Crippen molar-refractivity contribution in [2.24, 2.45) is 5.41 Å². The van der Waals surface area contributed by atoms with Gasteiger partial charge in [0.15, 0.2) is 11.6 Å². The average molecular weight is 281 g/mol. The molecule has 108 valence electrons. The fraction of sp³-hybridized carbons (Fsp3) is 0.429. The first-order valence-corrected chi connectivity index (χ1v) is 6.28. The zero-order valence-electron chi connectivity index (χ0n) is 11.3. The van der Waals surface area contributed by atoms with Gasteiger partial charge in [0, 0.05) is 0 Å². The molecule has 1 aromatic carbocycles. The molecule has 5 nitrogen and oxygen atoms in total. The lowest BCUT2D eigenvalue weighted by Gasteiger charge is -2.18. The molecule has 2 rings (SSSR count). The van der Waals surface area contributed by atoms with Gasteiger partial charge in [-0.15, -0.1) is 0 Å². The summed E-state index contributed by atoms with van der Waals surface area (Å²) in [6.45, 7) is 1.68. The van der Waals surface area contributed by atoms with E-state index in [1.165, 1.54) is 19.2 Å². The molecule has 1 saturated carbocycles. The zero-order chi connectivity index (χ0) is 14.9. The third kappa shape index (κ3) is 2.45. The number of phenols is 1. The second kappa shape index (κ2) is 5.11. The third-order valence-electron chi connectivity index (χ3n) is 3.58. The summed E-state index contributed by atoms with van der Waals surface area (Å²) in [6, 6.07) is 3.42. The van der Waals surface area contributed by atoms with Gasteiger partial charge in [0.2, 0.25) is 5.91 Å². The van der Waals surface area contributed by atoms with E-state index in [0.29, 0.717) is 18.4 Å². The van der Waals surface area contributed by atoms with E-state index in [1.807, 2.05) is 0 Å². The molecule has 0 heterocycles. The van der Waals surface area contributed by atoms with Gasteiger partial charge in [0.25, 0.3) is 0 Å². The molecule has 20 heavy (non-hydrogen) atoms. The number of esters is 1. The van der Waals surface area contributed by atoms with Gasteiger partial charge in [-0.25, -0.2) is 4.39 Å². The molecule has 1 aliphatic carbocycles. The molecule has 0 aromatic heterocycles. The fourth-order valence-electron chi connectivity index (χ4n) is 2.05. The third-order valence-corrected chi connectivity index (χ3v) is 3.58. The van der Waals surface area contributed by atoms with Crippen molar-refractivity contribution in [1.82, 2.24) is 5.32 Å². The Bertz CT molecular complexity index is 554. The van der Waals surface area contributed by atoms with Crippen LogP contribution in [0.25, 0.3) is 0 Å². The maximum Gasteiger partial charge on any atom is 0.321 e. The highest BCUT2D eigenvalue weighted by Gasteiger charge is 2.57. The quantitative estimate of drug-likeness (QED) is 0.650. The minimum absolute atomic E-state index is 0.412. The van der Waals surface area contributed by atoms with E-state index < -0.39 is 34.9 Å². The van der Waals surface area contributed by atoms with E-state index in [4.69, 9.17) is 5.11 Å². The van der Waals surface area contributed by atoms with E-state index in [2.05, 4.69) is 10.1 Å². The Kier molecular flexibility index (Phi) is 3.65. The largest absolute Gasteiger partial charge is 0.505 e. The van der Waals surface area contributed by atoms with Gasteiger partial charge in [-0.1, -0.05) is 6.07 Å². The van der Waals surface area contributed by atoms with Crippen LogP contribution in [0.3, 0.4) is 0 Å². The first-order valence-electron chi connectivity index (χ1n) is 6.28. The summed E-state index contributed by atoms with van der Waals surface area (Å²) in [5.41, 5.74) is -0.576. The SMILES string of the molecule is COC(=O)C1(C(=O)NC(C)c2ccc(O)c(F)c2)CC1. The van der Waals surface area contributed by atoms with E-state index in [9.17, 15) is 14.0 Å². The van der Waals surface area contributed by atoms with Gasteiger partial charge in [-0.2, -0.15) is 0 Å².